The maximum Gasteiger partial charge on any atom is 0.120 e. The molecule has 0 spiro atoms. The largest absolute Gasteiger partial charge is 0.494 e. The minimum Gasteiger partial charge on any atom is -0.494 e. The fourth-order valence-corrected chi connectivity index (χ4v) is 2.95. The van der Waals surface area contributed by atoms with Crippen molar-refractivity contribution in [2.24, 2.45) is 5.92 Å². The number of halogens is 1. The molecule has 20 heavy (non-hydrogen) atoms. The molecule has 2 aromatic rings. The molecule has 3 nitrogen and oxygen atoms in total. The monoisotopic (exact) mass is 295 g/mol. The minimum atomic E-state index is -0.602. The molecule has 110 valence electrons. The standard InChI is InChI=1S/C16H22ClNO2/c1-5-20-12-6-7-14-13(8-12)15(11(4)19)16(17)18(14)9-10(2)3/h6-8,10-11,19H,5,9H2,1-4H3. The summed E-state index contributed by atoms with van der Waals surface area (Å²) >= 11 is 6.48. The van der Waals surface area contributed by atoms with Gasteiger partial charge in [-0.1, -0.05) is 25.4 Å². The van der Waals surface area contributed by atoms with Crippen LogP contribution in [0.25, 0.3) is 10.9 Å². The molecule has 1 aromatic carbocycles. The highest BCUT2D eigenvalue weighted by Gasteiger charge is 2.20. The summed E-state index contributed by atoms with van der Waals surface area (Å²) in [7, 11) is 0. The van der Waals surface area contributed by atoms with E-state index >= 15 is 0 Å². The van der Waals surface area contributed by atoms with Crippen molar-refractivity contribution in [1.82, 2.24) is 4.57 Å². The summed E-state index contributed by atoms with van der Waals surface area (Å²) in [6.45, 7) is 9.45. The number of benzene rings is 1. The fraction of sp³-hybridized carbons (Fsp3) is 0.500. The number of aromatic nitrogens is 1. The summed E-state index contributed by atoms with van der Waals surface area (Å²) in [5.74, 6) is 1.29. The van der Waals surface area contributed by atoms with Crippen LogP contribution in [-0.2, 0) is 6.54 Å². The van der Waals surface area contributed by atoms with E-state index in [2.05, 4.69) is 18.4 Å². The van der Waals surface area contributed by atoms with Gasteiger partial charge < -0.3 is 14.4 Å². The van der Waals surface area contributed by atoms with E-state index in [9.17, 15) is 5.11 Å². The van der Waals surface area contributed by atoms with Crippen LogP contribution in [0.15, 0.2) is 18.2 Å². The van der Waals surface area contributed by atoms with Gasteiger partial charge in [0.2, 0.25) is 0 Å². The van der Waals surface area contributed by atoms with Crippen LogP contribution >= 0.6 is 11.6 Å². The van der Waals surface area contributed by atoms with Crippen molar-refractivity contribution in [1.29, 1.82) is 0 Å². The van der Waals surface area contributed by atoms with Gasteiger partial charge >= 0.3 is 0 Å². The molecule has 1 aromatic heterocycles. The Labute approximate surface area is 125 Å². The average molecular weight is 296 g/mol. The highest BCUT2D eigenvalue weighted by atomic mass is 35.5. The molecule has 0 aliphatic carbocycles. The number of rotatable bonds is 5. The molecule has 0 aliphatic rings. The lowest BCUT2D eigenvalue weighted by molar-refractivity contribution is 0.200. The van der Waals surface area contributed by atoms with Gasteiger partial charge in [0.1, 0.15) is 10.9 Å². The third kappa shape index (κ3) is 2.79. The predicted octanol–water partition coefficient (Wildman–Crippen LogP) is 4.40. The molecular formula is C16H22ClNO2. The lowest BCUT2D eigenvalue weighted by Gasteiger charge is -2.10. The van der Waals surface area contributed by atoms with Crippen LogP contribution in [0.5, 0.6) is 5.75 Å². The van der Waals surface area contributed by atoms with Crippen LogP contribution < -0.4 is 4.74 Å². The summed E-state index contributed by atoms with van der Waals surface area (Å²) in [6.07, 6.45) is -0.602. The lowest BCUT2D eigenvalue weighted by Crippen LogP contribution is -2.04. The first-order valence-corrected chi connectivity index (χ1v) is 7.46. The maximum atomic E-state index is 10.0. The highest BCUT2D eigenvalue weighted by molar-refractivity contribution is 6.32. The van der Waals surface area contributed by atoms with E-state index in [4.69, 9.17) is 16.3 Å². The van der Waals surface area contributed by atoms with Crippen LogP contribution in [0, 0.1) is 5.92 Å². The molecule has 0 fully saturated rings. The van der Waals surface area contributed by atoms with E-state index in [-0.39, 0.29) is 0 Å². The molecule has 0 bridgehead atoms. The van der Waals surface area contributed by atoms with Gasteiger partial charge in [0, 0.05) is 23.0 Å². The first-order valence-electron chi connectivity index (χ1n) is 7.08. The van der Waals surface area contributed by atoms with E-state index in [1.165, 1.54) is 0 Å². The zero-order valence-electron chi connectivity index (χ0n) is 12.5. The van der Waals surface area contributed by atoms with Gasteiger partial charge in [-0.25, -0.2) is 0 Å². The molecule has 1 heterocycles. The van der Waals surface area contributed by atoms with E-state index < -0.39 is 6.10 Å². The first kappa shape index (κ1) is 15.2. The van der Waals surface area contributed by atoms with Crippen molar-refractivity contribution in [3.63, 3.8) is 0 Å². The quantitative estimate of drug-likeness (QED) is 0.887. The van der Waals surface area contributed by atoms with Gasteiger partial charge in [0.15, 0.2) is 0 Å². The number of hydrogen-bond acceptors (Lipinski definition) is 2. The summed E-state index contributed by atoms with van der Waals surface area (Å²) in [6, 6.07) is 5.93. The number of fused-ring (bicyclic) bond motifs is 1. The Kier molecular flexibility index (Phi) is 4.61. The van der Waals surface area contributed by atoms with Gasteiger partial charge in [0.05, 0.1) is 12.7 Å². The van der Waals surface area contributed by atoms with E-state index in [1.807, 2.05) is 25.1 Å². The number of hydrogen-bond donors (Lipinski definition) is 1. The Morgan fingerprint density at radius 1 is 1.30 bits per heavy atom. The van der Waals surface area contributed by atoms with E-state index in [0.717, 1.165) is 28.8 Å². The van der Waals surface area contributed by atoms with Crippen molar-refractivity contribution in [3.8, 4) is 5.75 Å². The molecule has 0 saturated carbocycles. The van der Waals surface area contributed by atoms with Gasteiger partial charge in [-0.2, -0.15) is 0 Å². The van der Waals surface area contributed by atoms with Crippen LogP contribution in [0.2, 0.25) is 5.15 Å². The summed E-state index contributed by atoms with van der Waals surface area (Å²) in [5, 5.41) is 11.6. The second-order valence-electron chi connectivity index (χ2n) is 5.50. The number of aliphatic hydroxyl groups is 1. The Hall–Kier alpha value is -1.19. The second-order valence-corrected chi connectivity index (χ2v) is 5.85. The second kappa shape index (κ2) is 6.06. The van der Waals surface area contributed by atoms with Crippen molar-refractivity contribution < 1.29 is 9.84 Å². The lowest BCUT2D eigenvalue weighted by atomic mass is 10.1. The zero-order chi connectivity index (χ0) is 14.9. The van der Waals surface area contributed by atoms with Crippen molar-refractivity contribution in [2.45, 2.75) is 40.3 Å². The Morgan fingerprint density at radius 2 is 2.00 bits per heavy atom. The Balaban J connectivity index is 2.66. The highest BCUT2D eigenvalue weighted by Crippen LogP contribution is 2.36. The smallest absolute Gasteiger partial charge is 0.120 e. The molecule has 1 atom stereocenters. The minimum absolute atomic E-state index is 0.483. The first-order chi connectivity index (χ1) is 9.45. The van der Waals surface area contributed by atoms with Gasteiger partial charge in [-0.3, -0.25) is 0 Å². The molecule has 1 unspecified atom stereocenters. The maximum absolute atomic E-state index is 10.0. The van der Waals surface area contributed by atoms with Crippen LogP contribution in [-0.4, -0.2) is 16.3 Å². The van der Waals surface area contributed by atoms with Gasteiger partial charge in [-0.05, 0) is 38.0 Å². The van der Waals surface area contributed by atoms with Gasteiger partial charge in [0.25, 0.3) is 0 Å². The molecule has 2 rings (SSSR count). The zero-order valence-corrected chi connectivity index (χ0v) is 13.2. The molecular weight excluding hydrogens is 274 g/mol. The molecule has 0 radical (unpaired) electrons. The third-order valence-corrected chi connectivity index (χ3v) is 3.69. The van der Waals surface area contributed by atoms with Crippen LogP contribution in [0.1, 0.15) is 39.4 Å². The fourth-order valence-electron chi connectivity index (χ4n) is 2.53. The summed E-state index contributed by atoms with van der Waals surface area (Å²) in [4.78, 5) is 0. The Morgan fingerprint density at radius 3 is 2.55 bits per heavy atom. The van der Waals surface area contributed by atoms with Crippen molar-refractivity contribution in [2.75, 3.05) is 6.61 Å². The predicted molar refractivity (Wildman–Crippen MR) is 83.6 cm³/mol. The topological polar surface area (TPSA) is 34.4 Å². The molecule has 0 saturated heterocycles. The molecule has 0 aliphatic heterocycles. The number of ether oxygens (including phenoxy) is 1. The number of nitrogens with zero attached hydrogens (tertiary/aromatic N) is 1. The van der Waals surface area contributed by atoms with Crippen LogP contribution in [0.4, 0.5) is 0 Å². The van der Waals surface area contributed by atoms with E-state index in [0.29, 0.717) is 17.7 Å². The summed E-state index contributed by atoms with van der Waals surface area (Å²) in [5.41, 5.74) is 1.83. The SMILES string of the molecule is CCOc1ccc2c(c1)c(C(C)O)c(Cl)n2CC(C)C. The third-order valence-electron chi connectivity index (χ3n) is 3.28. The molecule has 4 heteroatoms. The molecule has 1 N–H and O–H groups in total. The average Bonchev–Trinajstić information content (AvgIpc) is 2.62. The van der Waals surface area contributed by atoms with Crippen molar-refractivity contribution in [3.05, 3.63) is 28.9 Å². The van der Waals surface area contributed by atoms with Crippen molar-refractivity contribution >= 4 is 22.5 Å². The summed E-state index contributed by atoms with van der Waals surface area (Å²) < 4.78 is 7.61. The number of aliphatic hydroxyl groups excluding tert-OH is 1. The Bertz CT molecular complexity index is 602. The molecule has 0 amide bonds. The normalized spacial score (nSPS) is 13.2. The van der Waals surface area contributed by atoms with Crippen LogP contribution in [0.3, 0.4) is 0 Å². The van der Waals surface area contributed by atoms with E-state index in [1.54, 1.807) is 6.92 Å². The van der Waals surface area contributed by atoms with Gasteiger partial charge in [-0.15, -0.1) is 0 Å².